The lowest BCUT2D eigenvalue weighted by Crippen LogP contribution is -2.50. The van der Waals surface area contributed by atoms with Crippen LogP contribution < -0.4 is 11.1 Å². The van der Waals surface area contributed by atoms with Crippen LogP contribution in [0, 0.1) is 23.6 Å². The molecule has 27 heavy (non-hydrogen) atoms. The smallest absolute Gasteiger partial charge is 0.223 e. The largest absolute Gasteiger partial charge is 0.376 e. The first-order valence-corrected chi connectivity index (χ1v) is 10.0. The Balaban J connectivity index is 0.00000210. The minimum atomic E-state index is -0.264. The number of fused-ring (bicyclic) bond motifs is 2. The van der Waals surface area contributed by atoms with Gasteiger partial charge in [0.1, 0.15) is 5.82 Å². The standard InChI is InChI=1S/C21H29FN2O2.ClH/c22-17-8-6-13(7-9-17)20(18-5-2-10-26-18)24-21(25)16-11-14-3-1-4-15(12-16)19(14)23;/h6-9,14-16,18-20H,1-5,10-12,23H2,(H,24,25);1H. The summed E-state index contributed by atoms with van der Waals surface area (Å²) >= 11 is 0. The van der Waals surface area contributed by atoms with Crippen LogP contribution >= 0.6 is 12.4 Å². The number of carbonyl (C=O) groups excluding carboxylic acids is 1. The van der Waals surface area contributed by atoms with E-state index in [-0.39, 0.29) is 48.2 Å². The van der Waals surface area contributed by atoms with E-state index in [0.717, 1.165) is 50.7 Å². The van der Waals surface area contributed by atoms with Crippen molar-refractivity contribution in [1.29, 1.82) is 0 Å². The van der Waals surface area contributed by atoms with Gasteiger partial charge in [-0.05, 0) is 68.1 Å². The molecule has 6 heteroatoms. The summed E-state index contributed by atoms with van der Waals surface area (Å²) in [7, 11) is 0. The summed E-state index contributed by atoms with van der Waals surface area (Å²) in [4.78, 5) is 13.1. The Morgan fingerprint density at radius 3 is 2.37 bits per heavy atom. The number of ether oxygens (including phenoxy) is 1. The number of amides is 1. The lowest BCUT2D eigenvalue weighted by Gasteiger charge is -2.43. The van der Waals surface area contributed by atoms with Crippen molar-refractivity contribution in [3.63, 3.8) is 0 Å². The van der Waals surface area contributed by atoms with E-state index in [9.17, 15) is 9.18 Å². The Hall–Kier alpha value is -1.17. The van der Waals surface area contributed by atoms with Gasteiger partial charge in [0.25, 0.3) is 0 Å². The van der Waals surface area contributed by atoms with Gasteiger partial charge in [-0.15, -0.1) is 12.4 Å². The van der Waals surface area contributed by atoms with Crippen molar-refractivity contribution in [2.45, 2.75) is 63.1 Å². The summed E-state index contributed by atoms with van der Waals surface area (Å²) in [6.45, 7) is 0.723. The van der Waals surface area contributed by atoms with Gasteiger partial charge < -0.3 is 15.8 Å². The molecule has 1 amide bonds. The number of rotatable bonds is 4. The van der Waals surface area contributed by atoms with Crippen LogP contribution in [0.5, 0.6) is 0 Å². The van der Waals surface area contributed by atoms with Gasteiger partial charge in [-0.25, -0.2) is 4.39 Å². The minimum Gasteiger partial charge on any atom is -0.376 e. The molecule has 3 N–H and O–H groups in total. The molecule has 2 aliphatic carbocycles. The number of hydrogen-bond donors (Lipinski definition) is 2. The first-order valence-electron chi connectivity index (χ1n) is 10.0. The van der Waals surface area contributed by atoms with Crippen LogP contribution in [0.25, 0.3) is 0 Å². The molecule has 0 spiro atoms. The van der Waals surface area contributed by atoms with Crippen LogP contribution in [0.3, 0.4) is 0 Å². The van der Waals surface area contributed by atoms with Crippen LogP contribution in [0.1, 0.15) is 56.6 Å². The highest BCUT2D eigenvalue weighted by molar-refractivity contribution is 5.85. The lowest BCUT2D eigenvalue weighted by molar-refractivity contribution is -0.129. The fourth-order valence-electron chi connectivity index (χ4n) is 5.20. The first-order chi connectivity index (χ1) is 12.6. The van der Waals surface area contributed by atoms with Crippen LogP contribution in [-0.2, 0) is 9.53 Å². The van der Waals surface area contributed by atoms with E-state index in [1.54, 1.807) is 12.1 Å². The fourth-order valence-corrected chi connectivity index (χ4v) is 5.20. The molecule has 0 radical (unpaired) electrons. The summed E-state index contributed by atoms with van der Waals surface area (Å²) < 4.78 is 19.2. The summed E-state index contributed by atoms with van der Waals surface area (Å²) in [5.41, 5.74) is 7.28. The second-order valence-electron chi connectivity index (χ2n) is 8.29. The molecule has 3 aliphatic rings. The van der Waals surface area contributed by atoms with Crippen molar-refractivity contribution in [1.82, 2.24) is 5.32 Å². The maximum atomic E-state index is 13.3. The van der Waals surface area contributed by atoms with E-state index in [0.29, 0.717) is 11.8 Å². The Morgan fingerprint density at radius 1 is 1.11 bits per heavy atom. The van der Waals surface area contributed by atoms with E-state index >= 15 is 0 Å². The quantitative estimate of drug-likeness (QED) is 0.814. The maximum absolute atomic E-state index is 13.3. The Labute approximate surface area is 166 Å². The zero-order valence-electron chi connectivity index (χ0n) is 15.6. The van der Waals surface area contributed by atoms with Crippen molar-refractivity contribution in [2.75, 3.05) is 6.61 Å². The number of halogens is 2. The third kappa shape index (κ3) is 4.47. The monoisotopic (exact) mass is 396 g/mol. The van der Waals surface area contributed by atoms with Gasteiger partial charge in [0.05, 0.1) is 12.1 Å². The summed E-state index contributed by atoms with van der Waals surface area (Å²) in [5, 5.41) is 3.24. The summed E-state index contributed by atoms with van der Waals surface area (Å²) in [6, 6.07) is 6.47. The number of carbonyl (C=O) groups is 1. The molecule has 3 fully saturated rings. The van der Waals surface area contributed by atoms with Gasteiger partial charge in [-0.1, -0.05) is 18.6 Å². The van der Waals surface area contributed by atoms with Crippen LogP contribution in [0.4, 0.5) is 4.39 Å². The molecule has 0 aromatic heterocycles. The fraction of sp³-hybridized carbons (Fsp3) is 0.667. The normalized spacial score (nSPS) is 33.8. The molecule has 1 heterocycles. The molecule has 1 saturated heterocycles. The highest BCUT2D eigenvalue weighted by atomic mass is 35.5. The minimum absolute atomic E-state index is 0. The van der Waals surface area contributed by atoms with Gasteiger partial charge in [0.2, 0.25) is 5.91 Å². The van der Waals surface area contributed by atoms with Crippen molar-refractivity contribution in [3.05, 3.63) is 35.6 Å². The molecule has 4 atom stereocenters. The third-order valence-electron chi connectivity index (χ3n) is 6.65. The van der Waals surface area contributed by atoms with Gasteiger partial charge in [0, 0.05) is 18.6 Å². The number of benzene rings is 1. The van der Waals surface area contributed by atoms with Crippen LogP contribution in [0.2, 0.25) is 0 Å². The highest BCUT2D eigenvalue weighted by Gasteiger charge is 2.41. The van der Waals surface area contributed by atoms with E-state index in [1.165, 1.54) is 18.6 Å². The second-order valence-corrected chi connectivity index (χ2v) is 8.29. The molecular weight excluding hydrogens is 367 g/mol. The zero-order valence-corrected chi connectivity index (χ0v) is 16.4. The second kappa shape index (κ2) is 8.89. The molecule has 2 bridgehead atoms. The maximum Gasteiger partial charge on any atom is 0.223 e. The molecule has 1 aromatic carbocycles. The van der Waals surface area contributed by atoms with Gasteiger partial charge in [-0.2, -0.15) is 0 Å². The van der Waals surface area contributed by atoms with E-state index < -0.39 is 0 Å². The molecule has 4 rings (SSSR count). The topological polar surface area (TPSA) is 64.4 Å². The summed E-state index contributed by atoms with van der Waals surface area (Å²) in [6.07, 6.45) is 7.21. The highest BCUT2D eigenvalue weighted by Crippen LogP contribution is 2.42. The third-order valence-corrected chi connectivity index (χ3v) is 6.65. The number of nitrogens with one attached hydrogen (secondary N) is 1. The Morgan fingerprint density at radius 2 is 1.78 bits per heavy atom. The lowest BCUT2D eigenvalue weighted by atomic mass is 9.65. The van der Waals surface area contributed by atoms with Crippen LogP contribution in [0.15, 0.2) is 24.3 Å². The summed E-state index contributed by atoms with van der Waals surface area (Å²) in [5.74, 6) is 0.837. The Bertz CT molecular complexity index is 622. The number of nitrogens with two attached hydrogens (primary N) is 1. The first kappa shape index (κ1) is 20.6. The Kier molecular flexibility index (Phi) is 6.77. The molecule has 1 aliphatic heterocycles. The van der Waals surface area contributed by atoms with Crippen molar-refractivity contribution in [3.8, 4) is 0 Å². The van der Waals surface area contributed by atoms with Gasteiger partial charge in [0.15, 0.2) is 0 Å². The predicted molar refractivity (Wildman–Crippen MR) is 105 cm³/mol. The average molecular weight is 397 g/mol. The SMILES string of the molecule is Cl.NC1C2CCCC1CC(C(=O)NC(c1ccc(F)cc1)C1CCCO1)C2. The molecule has 4 nitrogen and oxygen atoms in total. The van der Waals surface area contributed by atoms with E-state index in [1.807, 2.05) is 0 Å². The predicted octanol–water partition coefficient (Wildman–Crippen LogP) is 3.74. The molecule has 4 unspecified atom stereocenters. The van der Waals surface area contributed by atoms with E-state index in [4.69, 9.17) is 10.5 Å². The van der Waals surface area contributed by atoms with Crippen LogP contribution in [-0.4, -0.2) is 24.7 Å². The van der Waals surface area contributed by atoms with Gasteiger partial charge in [-0.3, -0.25) is 4.79 Å². The van der Waals surface area contributed by atoms with Gasteiger partial charge >= 0.3 is 0 Å². The van der Waals surface area contributed by atoms with Crippen molar-refractivity contribution >= 4 is 18.3 Å². The average Bonchev–Trinajstić information content (AvgIpc) is 3.14. The van der Waals surface area contributed by atoms with E-state index in [2.05, 4.69) is 5.32 Å². The molecule has 150 valence electrons. The number of hydrogen-bond acceptors (Lipinski definition) is 3. The van der Waals surface area contributed by atoms with Crippen molar-refractivity contribution in [2.24, 2.45) is 23.5 Å². The molecular formula is C21H30ClFN2O2. The molecule has 2 saturated carbocycles. The molecule has 1 aromatic rings. The zero-order chi connectivity index (χ0) is 18.1. The van der Waals surface area contributed by atoms with Crippen molar-refractivity contribution < 1.29 is 13.9 Å².